The summed E-state index contributed by atoms with van der Waals surface area (Å²) >= 11 is 5.98. The topological polar surface area (TPSA) is 127 Å². The van der Waals surface area contributed by atoms with E-state index in [9.17, 15) is 18.8 Å². The molecule has 11 heteroatoms. The lowest BCUT2D eigenvalue weighted by Gasteiger charge is -2.41. The number of rotatable bonds is 8. The maximum atomic E-state index is 13.7. The fraction of sp³-hybridized carbons (Fsp3) is 0.481. The number of fused-ring (bicyclic) bond motifs is 1. The van der Waals surface area contributed by atoms with E-state index in [-0.39, 0.29) is 22.7 Å². The zero-order chi connectivity index (χ0) is 28.3. The predicted molar refractivity (Wildman–Crippen MR) is 150 cm³/mol. The van der Waals surface area contributed by atoms with Gasteiger partial charge in [0.15, 0.2) is 6.19 Å². The lowest BCUT2D eigenvalue weighted by atomic mass is 9.87. The van der Waals surface area contributed by atoms with E-state index in [1.54, 1.807) is 44.2 Å². The molecule has 2 unspecified atom stereocenters. The molecule has 0 aliphatic carbocycles. The summed E-state index contributed by atoms with van der Waals surface area (Å²) < 4.78 is 35.0. The maximum Gasteiger partial charge on any atom is 0.243 e. The molecule has 0 spiro atoms. The van der Waals surface area contributed by atoms with Gasteiger partial charge in [-0.3, -0.25) is 5.32 Å². The Hall–Kier alpha value is -2.84. The molecule has 2 aromatic carbocycles. The van der Waals surface area contributed by atoms with Crippen molar-refractivity contribution in [3.8, 4) is 11.9 Å². The second-order valence-corrected chi connectivity index (χ2v) is 13.1. The number of nitrogens with zero attached hydrogens (tertiary/aromatic N) is 3. The van der Waals surface area contributed by atoms with Crippen LogP contribution in [0.3, 0.4) is 0 Å². The lowest BCUT2D eigenvalue weighted by Crippen LogP contribution is -2.49. The Bertz CT molecular complexity index is 1290. The van der Waals surface area contributed by atoms with E-state index in [0.717, 1.165) is 0 Å². The molecule has 9 nitrogen and oxygen atoms in total. The van der Waals surface area contributed by atoms with Crippen molar-refractivity contribution < 1.29 is 18.3 Å². The van der Waals surface area contributed by atoms with Gasteiger partial charge in [-0.2, -0.15) is 9.57 Å². The number of hydrogen-bond acceptors (Lipinski definition) is 6. The fourth-order valence-electron chi connectivity index (χ4n) is 4.24. The standard InChI is InChI=1S/C27H36ClN5O4S/c1-17(2)14-33(15-18(3)4)38(35,36)21-11-12-23-22(13-21)24(25(34)27(5,6)37-23)32-26(30-16-29)31-20-9-7-19(28)8-10-20/h7-13,17-18,24-25,34H,14-15H2,1-6H3,(H2,30,31,32). The first-order chi connectivity index (χ1) is 17.7. The predicted octanol–water partition coefficient (Wildman–Crippen LogP) is 4.75. The molecule has 0 fully saturated rings. The number of guanidine groups is 1. The first-order valence-corrected chi connectivity index (χ1v) is 14.3. The first kappa shape index (κ1) is 29.7. The summed E-state index contributed by atoms with van der Waals surface area (Å²) in [5, 5.41) is 26.7. The Labute approximate surface area is 230 Å². The number of nitrogens with one attached hydrogen (secondary N) is 2. The van der Waals surface area contributed by atoms with E-state index in [4.69, 9.17) is 16.3 Å². The molecule has 2 aromatic rings. The molecule has 0 saturated heterocycles. The van der Waals surface area contributed by atoms with Crippen LogP contribution in [0.1, 0.15) is 53.1 Å². The van der Waals surface area contributed by atoms with Crippen LogP contribution >= 0.6 is 11.6 Å². The van der Waals surface area contributed by atoms with Gasteiger partial charge in [-0.15, -0.1) is 0 Å². The molecule has 0 saturated carbocycles. The average Bonchev–Trinajstić information content (AvgIpc) is 2.82. The number of hydrogen-bond donors (Lipinski definition) is 3. The van der Waals surface area contributed by atoms with Crippen molar-refractivity contribution >= 4 is 33.3 Å². The van der Waals surface area contributed by atoms with Gasteiger partial charge < -0.3 is 15.2 Å². The minimum Gasteiger partial charge on any atom is -0.485 e. The highest BCUT2D eigenvalue weighted by Crippen LogP contribution is 2.43. The minimum atomic E-state index is -3.83. The summed E-state index contributed by atoms with van der Waals surface area (Å²) in [5.74, 6) is 0.776. The molecule has 0 radical (unpaired) electrons. The van der Waals surface area contributed by atoms with Gasteiger partial charge in [-0.1, -0.05) is 39.3 Å². The molecule has 0 amide bonds. The third kappa shape index (κ3) is 6.97. The van der Waals surface area contributed by atoms with Gasteiger partial charge in [-0.25, -0.2) is 13.4 Å². The summed E-state index contributed by atoms with van der Waals surface area (Å²) in [6.45, 7) is 12.1. The van der Waals surface area contributed by atoms with Crippen LogP contribution in [-0.2, 0) is 10.0 Å². The fourth-order valence-corrected chi connectivity index (χ4v) is 6.17. The quantitative estimate of drug-likeness (QED) is 0.183. The molecule has 2 atom stereocenters. The van der Waals surface area contributed by atoms with Gasteiger partial charge in [0.05, 0.1) is 4.90 Å². The molecule has 3 rings (SSSR count). The number of anilines is 1. The smallest absolute Gasteiger partial charge is 0.243 e. The van der Waals surface area contributed by atoms with E-state index >= 15 is 0 Å². The average molecular weight is 562 g/mol. The highest BCUT2D eigenvalue weighted by Gasteiger charge is 2.44. The third-order valence-electron chi connectivity index (χ3n) is 6.01. The number of benzene rings is 2. The van der Waals surface area contributed by atoms with Crippen LogP contribution in [0.15, 0.2) is 52.4 Å². The molecule has 1 aliphatic heterocycles. The van der Waals surface area contributed by atoms with Crippen LogP contribution in [-0.4, -0.2) is 48.6 Å². The number of ether oxygens (including phenoxy) is 1. The lowest BCUT2D eigenvalue weighted by molar-refractivity contribution is -0.0568. The monoisotopic (exact) mass is 561 g/mol. The van der Waals surface area contributed by atoms with E-state index < -0.39 is 27.8 Å². The van der Waals surface area contributed by atoms with Crippen molar-refractivity contribution in [3.63, 3.8) is 0 Å². The Kier molecular flexibility index (Phi) is 9.31. The minimum absolute atomic E-state index is 0.0806. The maximum absolute atomic E-state index is 13.7. The number of nitriles is 1. The SMILES string of the molecule is CC(C)CN(CC(C)C)S(=O)(=O)c1ccc2c(c1)C(N=C(NC#N)Nc1ccc(Cl)cc1)C(O)C(C)(C)O2. The summed E-state index contributed by atoms with van der Waals surface area (Å²) in [6.07, 6.45) is 0.710. The van der Waals surface area contributed by atoms with Crippen molar-refractivity contribution in [2.75, 3.05) is 18.4 Å². The summed E-state index contributed by atoms with van der Waals surface area (Å²) in [4.78, 5) is 4.72. The second kappa shape index (κ2) is 11.9. The Morgan fingerprint density at radius 3 is 2.32 bits per heavy atom. The molecule has 1 heterocycles. The highest BCUT2D eigenvalue weighted by atomic mass is 35.5. The first-order valence-electron chi connectivity index (χ1n) is 12.5. The van der Waals surface area contributed by atoms with Crippen LogP contribution in [0, 0.1) is 23.3 Å². The van der Waals surface area contributed by atoms with Crippen LogP contribution in [0.2, 0.25) is 5.02 Å². The van der Waals surface area contributed by atoms with Crippen molar-refractivity contribution in [1.29, 1.82) is 5.26 Å². The molecule has 0 aromatic heterocycles. The van der Waals surface area contributed by atoms with Crippen molar-refractivity contribution in [2.45, 2.75) is 64.2 Å². The van der Waals surface area contributed by atoms with Crippen LogP contribution in [0.5, 0.6) is 5.75 Å². The molecule has 1 aliphatic rings. The number of halogens is 1. The van der Waals surface area contributed by atoms with Gasteiger partial charge in [0.25, 0.3) is 0 Å². The summed E-state index contributed by atoms with van der Waals surface area (Å²) in [7, 11) is -3.83. The second-order valence-electron chi connectivity index (χ2n) is 10.8. The van der Waals surface area contributed by atoms with E-state index in [2.05, 4.69) is 15.6 Å². The van der Waals surface area contributed by atoms with E-state index in [0.29, 0.717) is 35.1 Å². The highest BCUT2D eigenvalue weighted by molar-refractivity contribution is 7.89. The molecular formula is C27H36ClN5O4S. The molecule has 206 valence electrons. The van der Waals surface area contributed by atoms with Crippen molar-refractivity contribution in [1.82, 2.24) is 9.62 Å². The number of aliphatic hydroxyl groups is 1. The van der Waals surface area contributed by atoms with Gasteiger partial charge in [0, 0.05) is 29.4 Å². The zero-order valence-corrected chi connectivity index (χ0v) is 24.1. The molecule has 38 heavy (non-hydrogen) atoms. The largest absolute Gasteiger partial charge is 0.485 e. The number of aliphatic hydroxyl groups excluding tert-OH is 1. The van der Waals surface area contributed by atoms with Gasteiger partial charge in [0.1, 0.15) is 23.5 Å². The summed E-state index contributed by atoms with van der Waals surface area (Å²) in [6, 6.07) is 10.5. The molecule has 3 N–H and O–H groups in total. The molecule has 0 bridgehead atoms. The van der Waals surface area contributed by atoms with Crippen molar-refractivity contribution in [3.05, 3.63) is 53.1 Å². The van der Waals surface area contributed by atoms with E-state index in [1.165, 1.54) is 16.4 Å². The van der Waals surface area contributed by atoms with Gasteiger partial charge >= 0.3 is 0 Å². The Morgan fingerprint density at radius 1 is 1.16 bits per heavy atom. The molecular weight excluding hydrogens is 526 g/mol. The third-order valence-corrected chi connectivity index (χ3v) is 8.09. The summed E-state index contributed by atoms with van der Waals surface area (Å²) in [5.41, 5.74) is -0.00525. The van der Waals surface area contributed by atoms with Crippen LogP contribution in [0.25, 0.3) is 0 Å². The Balaban J connectivity index is 2.10. The van der Waals surface area contributed by atoms with E-state index in [1.807, 2.05) is 33.9 Å². The van der Waals surface area contributed by atoms with Gasteiger partial charge in [0.2, 0.25) is 16.0 Å². The van der Waals surface area contributed by atoms with Gasteiger partial charge in [-0.05, 0) is 68.1 Å². The zero-order valence-electron chi connectivity index (χ0n) is 22.6. The van der Waals surface area contributed by atoms with Crippen LogP contribution < -0.4 is 15.4 Å². The normalized spacial score (nSPS) is 19.2. The Morgan fingerprint density at radius 2 is 1.76 bits per heavy atom. The number of aliphatic imine (C=N–C) groups is 1. The van der Waals surface area contributed by atoms with Crippen LogP contribution in [0.4, 0.5) is 5.69 Å². The van der Waals surface area contributed by atoms with Crippen molar-refractivity contribution in [2.24, 2.45) is 16.8 Å². The number of sulfonamides is 1.